The molecular formula is C17H22N2O4. The Morgan fingerprint density at radius 3 is 2.52 bits per heavy atom. The van der Waals surface area contributed by atoms with Gasteiger partial charge in [-0.2, -0.15) is 0 Å². The highest BCUT2D eigenvalue weighted by Gasteiger charge is 2.29. The minimum absolute atomic E-state index is 0.0850. The first-order valence-corrected chi connectivity index (χ1v) is 7.86. The molecule has 1 aromatic carbocycles. The van der Waals surface area contributed by atoms with Crippen molar-refractivity contribution in [2.24, 2.45) is 11.7 Å². The molecule has 1 aliphatic rings. The predicted molar refractivity (Wildman–Crippen MR) is 84.8 cm³/mol. The van der Waals surface area contributed by atoms with E-state index in [0.29, 0.717) is 11.3 Å². The van der Waals surface area contributed by atoms with Crippen molar-refractivity contribution < 1.29 is 19.1 Å². The Morgan fingerprint density at radius 2 is 1.91 bits per heavy atom. The number of amides is 2. The molecule has 1 atom stereocenters. The zero-order chi connectivity index (χ0) is 16.8. The van der Waals surface area contributed by atoms with Gasteiger partial charge in [0, 0.05) is 12.5 Å². The van der Waals surface area contributed by atoms with Gasteiger partial charge in [0.25, 0.3) is 5.91 Å². The molecule has 0 heterocycles. The van der Waals surface area contributed by atoms with Crippen LogP contribution in [0.15, 0.2) is 24.3 Å². The van der Waals surface area contributed by atoms with Crippen LogP contribution in [0, 0.1) is 5.92 Å². The average Bonchev–Trinajstić information content (AvgIpc) is 2.52. The summed E-state index contributed by atoms with van der Waals surface area (Å²) in [6.07, 6.45) is 5.03. The highest BCUT2D eigenvalue weighted by molar-refractivity contribution is 5.97. The van der Waals surface area contributed by atoms with Crippen molar-refractivity contribution in [3.05, 3.63) is 29.8 Å². The van der Waals surface area contributed by atoms with Gasteiger partial charge in [0.15, 0.2) is 0 Å². The number of esters is 1. The van der Waals surface area contributed by atoms with Crippen LogP contribution in [0.2, 0.25) is 0 Å². The molecule has 0 aliphatic heterocycles. The molecule has 23 heavy (non-hydrogen) atoms. The third-order valence-electron chi connectivity index (χ3n) is 4.07. The fraction of sp³-hybridized carbons (Fsp3) is 0.471. The Hall–Kier alpha value is -2.37. The molecule has 1 aromatic rings. The second-order valence-electron chi connectivity index (χ2n) is 5.87. The van der Waals surface area contributed by atoms with E-state index in [4.69, 9.17) is 10.5 Å². The number of nitrogens with one attached hydrogen (secondary N) is 1. The first-order valence-electron chi connectivity index (χ1n) is 7.86. The lowest BCUT2D eigenvalue weighted by Crippen LogP contribution is -2.49. The third kappa shape index (κ3) is 4.81. The van der Waals surface area contributed by atoms with Gasteiger partial charge in [0.05, 0.1) is 0 Å². The van der Waals surface area contributed by atoms with Crippen LogP contribution in [0.5, 0.6) is 5.75 Å². The number of ether oxygens (including phenoxy) is 1. The Balaban J connectivity index is 2.09. The molecule has 0 bridgehead atoms. The van der Waals surface area contributed by atoms with Crippen molar-refractivity contribution in [1.82, 2.24) is 5.32 Å². The highest BCUT2D eigenvalue weighted by Crippen LogP contribution is 2.26. The maximum Gasteiger partial charge on any atom is 0.308 e. The van der Waals surface area contributed by atoms with E-state index in [9.17, 15) is 14.4 Å². The molecule has 0 spiro atoms. The fourth-order valence-corrected chi connectivity index (χ4v) is 2.98. The van der Waals surface area contributed by atoms with E-state index in [1.807, 2.05) is 0 Å². The van der Waals surface area contributed by atoms with Crippen LogP contribution < -0.4 is 15.8 Å². The van der Waals surface area contributed by atoms with Gasteiger partial charge in [0.1, 0.15) is 11.8 Å². The summed E-state index contributed by atoms with van der Waals surface area (Å²) in [7, 11) is 0. The molecule has 0 saturated heterocycles. The Morgan fingerprint density at radius 1 is 1.22 bits per heavy atom. The molecular weight excluding hydrogens is 296 g/mol. The Bertz CT molecular complexity index is 594. The highest BCUT2D eigenvalue weighted by atomic mass is 16.5. The van der Waals surface area contributed by atoms with Gasteiger partial charge >= 0.3 is 5.97 Å². The quantitative estimate of drug-likeness (QED) is 0.638. The van der Waals surface area contributed by atoms with E-state index in [0.717, 1.165) is 32.1 Å². The molecule has 2 rings (SSSR count). The number of hydrogen-bond acceptors (Lipinski definition) is 4. The van der Waals surface area contributed by atoms with Gasteiger partial charge in [-0.25, -0.2) is 0 Å². The SMILES string of the molecule is CC(=O)Oc1cccc(C(=O)N[C@H](C(N)=O)C2CCCCC2)c1. The Labute approximate surface area is 135 Å². The van der Waals surface area contributed by atoms with Crippen LogP contribution in [0.4, 0.5) is 0 Å². The number of hydrogen-bond donors (Lipinski definition) is 2. The summed E-state index contributed by atoms with van der Waals surface area (Å²) in [5.41, 5.74) is 5.79. The number of carbonyl (C=O) groups excluding carboxylic acids is 3. The molecule has 3 N–H and O–H groups in total. The number of primary amides is 1. The lowest BCUT2D eigenvalue weighted by molar-refractivity contribution is -0.131. The van der Waals surface area contributed by atoms with Crippen LogP contribution in [-0.2, 0) is 9.59 Å². The van der Waals surface area contributed by atoms with E-state index >= 15 is 0 Å². The van der Waals surface area contributed by atoms with Crippen LogP contribution in [0.3, 0.4) is 0 Å². The standard InChI is InChI=1S/C17H22N2O4/c1-11(20)23-14-9-5-8-13(10-14)17(22)19-15(16(18)21)12-6-3-2-4-7-12/h5,8-10,12,15H,2-4,6-7H2,1H3,(H2,18,21)(H,19,22)/t15-/m0/s1. The van der Waals surface area contributed by atoms with Gasteiger partial charge in [-0.05, 0) is 37.0 Å². The summed E-state index contributed by atoms with van der Waals surface area (Å²) in [6, 6.07) is 5.61. The van der Waals surface area contributed by atoms with Gasteiger partial charge in [-0.15, -0.1) is 0 Å². The maximum atomic E-state index is 12.4. The first-order chi connectivity index (χ1) is 11.0. The van der Waals surface area contributed by atoms with Gasteiger partial charge in [-0.1, -0.05) is 25.3 Å². The number of carbonyl (C=O) groups is 3. The summed E-state index contributed by atoms with van der Waals surface area (Å²) in [6.45, 7) is 1.29. The van der Waals surface area contributed by atoms with Crippen LogP contribution >= 0.6 is 0 Å². The second kappa shape index (κ2) is 7.76. The molecule has 6 heteroatoms. The van der Waals surface area contributed by atoms with Crippen molar-refractivity contribution in [3.8, 4) is 5.75 Å². The lowest BCUT2D eigenvalue weighted by Gasteiger charge is -2.28. The zero-order valence-corrected chi connectivity index (χ0v) is 13.2. The second-order valence-corrected chi connectivity index (χ2v) is 5.87. The summed E-state index contributed by atoms with van der Waals surface area (Å²) in [5, 5.41) is 2.73. The van der Waals surface area contributed by atoms with Gasteiger partial charge in [0.2, 0.25) is 5.91 Å². The summed E-state index contributed by atoms with van der Waals surface area (Å²) in [5.74, 6) is -0.991. The van der Waals surface area contributed by atoms with E-state index in [1.165, 1.54) is 13.0 Å². The van der Waals surface area contributed by atoms with Crippen molar-refractivity contribution in [2.45, 2.75) is 45.1 Å². The van der Waals surface area contributed by atoms with Gasteiger partial charge < -0.3 is 15.8 Å². The summed E-state index contributed by atoms with van der Waals surface area (Å²) < 4.78 is 4.96. The number of benzene rings is 1. The fourth-order valence-electron chi connectivity index (χ4n) is 2.98. The lowest BCUT2D eigenvalue weighted by atomic mass is 9.83. The molecule has 2 amide bonds. The van der Waals surface area contributed by atoms with Crippen molar-refractivity contribution in [2.75, 3.05) is 0 Å². The maximum absolute atomic E-state index is 12.4. The van der Waals surface area contributed by atoms with Crippen LogP contribution in [0.1, 0.15) is 49.4 Å². The number of rotatable bonds is 5. The smallest absolute Gasteiger partial charge is 0.308 e. The van der Waals surface area contributed by atoms with Crippen molar-refractivity contribution in [1.29, 1.82) is 0 Å². The molecule has 0 aromatic heterocycles. The molecule has 0 unspecified atom stereocenters. The normalized spacial score (nSPS) is 16.4. The van der Waals surface area contributed by atoms with Crippen LogP contribution in [-0.4, -0.2) is 23.8 Å². The largest absolute Gasteiger partial charge is 0.427 e. The van der Waals surface area contributed by atoms with E-state index < -0.39 is 23.8 Å². The zero-order valence-electron chi connectivity index (χ0n) is 13.2. The minimum Gasteiger partial charge on any atom is -0.427 e. The first kappa shape index (κ1) is 17.0. The van der Waals surface area contributed by atoms with Crippen molar-refractivity contribution in [3.63, 3.8) is 0 Å². The molecule has 6 nitrogen and oxygen atoms in total. The topological polar surface area (TPSA) is 98.5 Å². The molecule has 1 aliphatic carbocycles. The molecule has 124 valence electrons. The van der Waals surface area contributed by atoms with Crippen molar-refractivity contribution >= 4 is 17.8 Å². The third-order valence-corrected chi connectivity index (χ3v) is 4.07. The predicted octanol–water partition coefficient (Wildman–Crippen LogP) is 1.78. The van der Waals surface area contributed by atoms with E-state index in [-0.39, 0.29) is 5.92 Å². The van der Waals surface area contributed by atoms with E-state index in [1.54, 1.807) is 18.2 Å². The Kier molecular flexibility index (Phi) is 5.73. The van der Waals surface area contributed by atoms with E-state index in [2.05, 4.69) is 5.32 Å². The molecule has 0 radical (unpaired) electrons. The number of nitrogens with two attached hydrogens (primary N) is 1. The molecule has 1 fully saturated rings. The summed E-state index contributed by atoms with van der Waals surface area (Å²) >= 11 is 0. The van der Waals surface area contributed by atoms with Gasteiger partial charge in [-0.3, -0.25) is 14.4 Å². The van der Waals surface area contributed by atoms with Crippen LogP contribution in [0.25, 0.3) is 0 Å². The minimum atomic E-state index is -0.666. The molecule has 1 saturated carbocycles. The summed E-state index contributed by atoms with van der Waals surface area (Å²) in [4.78, 5) is 35.1. The monoisotopic (exact) mass is 318 g/mol. The average molecular weight is 318 g/mol.